The number of alkyl halides is 1. The zero-order valence-electron chi connectivity index (χ0n) is 11.1. The molecule has 0 heterocycles. The van der Waals surface area contributed by atoms with Gasteiger partial charge in [-0.25, -0.2) is 4.39 Å². The van der Waals surface area contributed by atoms with Crippen LogP contribution in [0.4, 0.5) is 4.39 Å². The summed E-state index contributed by atoms with van der Waals surface area (Å²) in [6, 6.07) is 12.5. The number of carbonyl (C=O) groups excluding carboxylic acids is 1. The summed E-state index contributed by atoms with van der Waals surface area (Å²) in [5.74, 6) is -0.886. The Balaban J connectivity index is 2.04. The van der Waals surface area contributed by atoms with Crippen molar-refractivity contribution < 1.29 is 9.18 Å². The Morgan fingerprint density at radius 2 is 1.95 bits per heavy atom. The first-order valence-corrected chi connectivity index (χ1v) is 7.40. The fourth-order valence-corrected chi connectivity index (χ4v) is 2.25. The highest BCUT2D eigenvalue weighted by Crippen LogP contribution is 2.11. The van der Waals surface area contributed by atoms with E-state index in [9.17, 15) is 9.18 Å². The Kier molecular flexibility index (Phi) is 4.90. The third-order valence-electron chi connectivity index (χ3n) is 2.97. The second-order valence-electron chi connectivity index (χ2n) is 4.62. The molecule has 4 heteroatoms. The second kappa shape index (κ2) is 6.66. The first-order valence-electron chi connectivity index (χ1n) is 6.28. The van der Waals surface area contributed by atoms with Crippen LogP contribution in [0.2, 0.25) is 0 Å². The van der Waals surface area contributed by atoms with Crippen LogP contribution in [0.25, 0.3) is 0 Å². The van der Waals surface area contributed by atoms with Gasteiger partial charge in [-0.05, 0) is 35.7 Å². The molecule has 2 nitrogen and oxygen atoms in total. The van der Waals surface area contributed by atoms with E-state index >= 15 is 0 Å². The lowest BCUT2D eigenvalue weighted by atomic mass is 10.1. The minimum Gasteiger partial charge on any atom is -0.348 e. The maximum Gasteiger partial charge on any atom is 0.254 e. The van der Waals surface area contributed by atoms with Crippen molar-refractivity contribution in [3.8, 4) is 0 Å². The molecule has 2 aromatic rings. The van der Waals surface area contributed by atoms with Crippen molar-refractivity contribution in [3.05, 3.63) is 70.5 Å². The van der Waals surface area contributed by atoms with E-state index in [1.807, 2.05) is 24.3 Å². The highest BCUT2D eigenvalue weighted by molar-refractivity contribution is 9.08. The van der Waals surface area contributed by atoms with Gasteiger partial charge < -0.3 is 5.32 Å². The molecule has 0 spiro atoms. The second-order valence-corrected chi connectivity index (χ2v) is 5.18. The van der Waals surface area contributed by atoms with Gasteiger partial charge in [-0.1, -0.05) is 46.3 Å². The molecule has 0 radical (unpaired) electrons. The van der Waals surface area contributed by atoms with E-state index < -0.39 is 11.7 Å². The number of aryl methyl sites for hydroxylation is 1. The summed E-state index contributed by atoms with van der Waals surface area (Å²) < 4.78 is 13.7. The molecule has 0 aromatic heterocycles. The smallest absolute Gasteiger partial charge is 0.254 e. The van der Waals surface area contributed by atoms with Gasteiger partial charge in [0.15, 0.2) is 0 Å². The molecule has 0 aliphatic rings. The molecule has 0 aliphatic carbocycles. The van der Waals surface area contributed by atoms with Gasteiger partial charge in [0, 0.05) is 11.9 Å². The quantitative estimate of drug-likeness (QED) is 0.842. The van der Waals surface area contributed by atoms with Crippen molar-refractivity contribution in [3.63, 3.8) is 0 Å². The number of benzene rings is 2. The average molecular weight is 336 g/mol. The Morgan fingerprint density at radius 3 is 2.65 bits per heavy atom. The van der Waals surface area contributed by atoms with Crippen LogP contribution in [-0.4, -0.2) is 5.91 Å². The van der Waals surface area contributed by atoms with E-state index in [1.54, 1.807) is 13.0 Å². The minimum atomic E-state index is -0.489. The molecule has 20 heavy (non-hydrogen) atoms. The van der Waals surface area contributed by atoms with Crippen molar-refractivity contribution in [2.45, 2.75) is 18.8 Å². The molecule has 1 N–H and O–H groups in total. The number of rotatable bonds is 4. The molecule has 0 fully saturated rings. The number of amides is 1. The van der Waals surface area contributed by atoms with Gasteiger partial charge in [0.2, 0.25) is 0 Å². The van der Waals surface area contributed by atoms with Crippen LogP contribution in [-0.2, 0) is 11.9 Å². The predicted octanol–water partition coefficient (Wildman–Crippen LogP) is 3.96. The maximum atomic E-state index is 13.7. The molecule has 1 amide bonds. The van der Waals surface area contributed by atoms with Crippen LogP contribution >= 0.6 is 15.9 Å². The third kappa shape index (κ3) is 3.67. The molecule has 2 aromatic carbocycles. The average Bonchev–Trinajstić information content (AvgIpc) is 2.45. The van der Waals surface area contributed by atoms with Gasteiger partial charge in [-0.2, -0.15) is 0 Å². The highest BCUT2D eigenvalue weighted by atomic mass is 79.9. The van der Waals surface area contributed by atoms with E-state index in [2.05, 4.69) is 21.2 Å². The maximum absolute atomic E-state index is 13.7. The van der Waals surface area contributed by atoms with Crippen LogP contribution in [0, 0.1) is 12.7 Å². The van der Waals surface area contributed by atoms with Gasteiger partial charge in [-0.15, -0.1) is 0 Å². The minimum absolute atomic E-state index is 0.0762. The number of halogens is 2. The van der Waals surface area contributed by atoms with Crippen LogP contribution in [0.1, 0.15) is 27.0 Å². The lowest BCUT2D eigenvalue weighted by Crippen LogP contribution is -2.23. The molecular formula is C16H15BrFNO. The van der Waals surface area contributed by atoms with Crippen molar-refractivity contribution in [2.24, 2.45) is 0 Å². The van der Waals surface area contributed by atoms with Crippen LogP contribution in [0.5, 0.6) is 0 Å². The number of hydrogen-bond donors (Lipinski definition) is 1. The molecule has 0 aliphatic heterocycles. The summed E-state index contributed by atoms with van der Waals surface area (Å²) in [7, 11) is 0. The first-order chi connectivity index (χ1) is 9.60. The number of hydrogen-bond acceptors (Lipinski definition) is 1. The van der Waals surface area contributed by atoms with Gasteiger partial charge in [0.1, 0.15) is 5.82 Å². The SMILES string of the molecule is Cc1ccc(C(=O)NCc2cccc(CBr)c2)c(F)c1. The van der Waals surface area contributed by atoms with Crippen LogP contribution in [0.3, 0.4) is 0 Å². The molecule has 104 valence electrons. The monoisotopic (exact) mass is 335 g/mol. The lowest BCUT2D eigenvalue weighted by molar-refractivity contribution is 0.0947. The Bertz CT molecular complexity index is 628. The van der Waals surface area contributed by atoms with E-state index in [0.29, 0.717) is 6.54 Å². The fraction of sp³-hybridized carbons (Fsp3) is 0.188. The standard InChI is InChI=1S/C16H15BrFNO/c1-11-5-6-14(15(18)7-11)16(20)19-10-13-4-2-3-12(8-13)9-17/h2-8H,9-10H2,1H3,(H,19,20). The zero-order chi connectivity index (χ0) is 14.5. The van der Waals surface area contributed by atoms with Gasteiger partial charge in [0.25, 0.3) is 5.91 Å². The third-order valence-corrected chi connectivity index (χ3v) is 3.62. The molecular weight excluding hydrogens is 321 g/mol. The molecule has 0 saturated heterocycles. The molecule has 0 unspecified atom stereocenters. The Hall–Kier alpha value is -1.68. The van der Waals surface area contributed by atoms with Gasteiger partial charge in [0.05, 0.1) is 5.56 Å². The largest absolute Gasteiger partial charge is 0.348 e. The van der Waals surface area contributed by atoms with Crippen LogP contribution in [0.15, 0.2) is 42.5 Å². The Labute approximate surface area is 126 Å². The normalized spacial score (nSPS) is 10.3. The van der Waals surface area contributed by atoms with E-state index in [-0.39, 0.29) is 5.56 Å². The first kappa shape index (κ1) is 14.7. The number of nitrogens with one attached hydrogen (secondary N) is 1. The predicted molar refractivity (Wildman–Crippen MR) is 81.4 cm³/mol. The molecule has 0 bridgehead atoms. The molecule has 0 saturated carbocycles. The van der Waals surface area contributed by atoms with E-state index in [4.69, 9.17) is 0 Å². The summed E-state index contributed by atoms with van der Waals surface area (Å²) in [6.45, 7) is 2.17. The van der Waals surface area contributed by atoms with Crippen LogP contribution < -0.4 is 5.32 Å². The lowest BCUT2D eigenvalue weighted by Gasteiger charge is -2.07. The van der Waals surface area contributed by atoms with E-state index in [0.717, 1.165) is 22.0 Å². The fourth-order valence-electron chi connectivity index (χ4n) is 1.90. The van der Waals surface area contributed by atoms with Gasteiger partial charge in [-0.3, -0.25) is 4.79 Å². The van der Waals surface area contributed by atoms with Crippen molar-refractivity contribution in [1.29, 1.82) is 0 Å². The summed E-state index contributed by atoms with van der Waals surface area (Å²) in [5, 5.41) is 3.50. The molecule has 2 rings (SSSR count). The molecule has 0 atom stereocenters. The number of carbonyl (C=O) groups is 1. The highest BCUT2D eigenvalue weighted by Gasteiger charge is 2.11. The topological polar surface area (TPSA) is 29.1 Å². The summed E-state index contributed by atoms with van der Waals surface area (Å²) >= 11 is 3.39. The van der Waals surface area contributed by atoms with Crippen molar-refractivity contribution in [1.82, 2.24) is 5.32 Å². The zero-order valence-corrected chi connectivity index (χ0v) is 12.7. The van der Waals surface area contributed by atoms with Crippen molar-refractivity contribution in [2.75, 3.05) is 0 Å². The summed E-state index contributed by atoms with van der Waals surface area (Å²) in [6.07, 6.45) is 0. The summed E-state index contributed by atoms with van der Waals surface area (Å²) in [5.41, 5.74) is 3.00. The van der Waals surface area contributed by atoms with Gasteiger partial charge >= 0.3 is 0 Å². The van der Waals surface area contributed by atoms with Crippen molar-refractivity contribution >= 4 is 21.8 Å². The Morgan fingerprint density at radius 1 is 1.20 bits per heavy atom. The van der Waals surface area contributed by atoms with E-state index in [1.165, 1.54) is 12.1 Å². The summed E-state index contributed by atoms with van der Waals surface area (Å²) in [4.78, 5) is 11.9.